The minimum absolute atomic E-state index is 0.00292. The van der Waals surface area contributed by atoms with Gasteiger partial charge in [-0.2, -0.15) is 13.2 Å². The molecule has 1 heterocycles. The van der Waals surface area contributed by atoms with Gasteiger partial charge in [0.2, 0.25) is 11.8 Å². The summed E-state index contributed by atoms with van der Waals surface area (Å²) < 4.78 is 43.4. The summed E-state index contributed by atoms with van der Waals surface area (Å²) in [6.07, 6.45) is 7.75. The standard InChI is InChI=1S/C23H27NO2S.C11H12F3NO.C3H4/c1-4-9-21(24-23(25)16-22-12-8-15-27-22)14-13-18(2)17-26-19(3)20-10-6-5-7-11-20;1-2-10(16)15-7-8-5-3-4-6-9(8)11(12,13)14;1-3-2/h5-15,18H,3-4,16-17H2,1-2H3,(H,24,25);3-6H,2,7H2,1H3,(H,15,16);1H,2H3/b14-13-,21-9+;;. The number of hydrogen-bond acceptors (Lipinski definition) is 4. The van der Waals surface area contributed by atoms with Crippen molar-refractivity contribution in [1.29, 1.82) is 0 Å². The molecule has 3 aromatic rings. The highest BCUT2D eigenvalue weighted by atomic mass is 32.1. The molecule has 0 saturated carbocycles. The van der Waals surface area contributed by atoms with E-state index in [1.54, 1.807) is 25.2 Å². The van der Waals surface area contributed by atoms with E-state index in [4.69, 9.17) is 4.74 Å². The van der Waals surface area contributed by atoms with Gasteiger partial charge in [-0.15, -0.1) is 23.7 Å². The quantitative estimate of drug-likeness (QED) is 0.110. The molecule has 2 amide bonds. The fraction of sp³-hybridized carbons (Fsp3) is 0.297. The fourth-order valence-electron chi connectivity index (χ4n) is 3.69. The molecule has 246 valence electrons. The van der Waals surface area contributed by atoms with Crippen LogP contribution in [0.4, 0.5) is 13.2 Å². The Labute approximate surface area is 275 Å². The van der Waals surface area contributed by atoms with Gasteiger partial charge in [-0.25, -0.2) is 0 Å². The average Bonchev–Trinajstić information content (AvgIpc) is 3.55. The summed E-state index contributed by atoms with van der Waals surface area (Å²) in [6, 6.07) is 19.0. The van der Waals surface area contributed by atoms with Gasteiger partial charge in [0.05, 0.1) is 18.6 Å². The van der Waals surface area contributed by atoms with Crippen LogP contribution in [0.3, 0.4) is 0 Å². The van der Waals surface area contributed by atoms with Crippen molar-refractivity contribution < 1.29 is 27.5 Å². The van der Waals surface area contributed by atoms with E-state index in [1.165, 1.54) is 18.2 Å². The van der Waals surface area contributed by atoms with E-state index in [2.05, 4.69) is 43.4 Å². The zero-order chi connectivity index (χ0) is 34.4. The minimum Gasteiger partial charge on any atom is -0.493 e. The number of thiophene rings is 1. The van der Waals surface area contributed by atoms with E-state index < -0.39 is 11.7 Å². The van der Waals surface area contributed by atoms with Crippen molar-refractivity contribution in [2.24, 2.45) is 5.92 Å². The van der Waals surface area contributed by atoms with Crippen molar-refractivity contribution in [2.45, 2.75) is 59.7 Å². The van der Waals surface area contributed by atoms with E-state index in [0.29, 0.717) is 18.8 Å². The molecule has 0 saturated heterocycles. The molecule has 9 heteroatoms. The molecule has 0 aliphatic rings. The number of nitrogens with one attached hydrogen (secondary N) is 2. The lowest BCUT2D eigenvalue weighted by atomic mass is 10.1. The number of ether oxygens (including phenoxy) is 1. The minimum atomic E-state index is -4.38. The zero-order valence-corrected chi connectivity index (χ0v) is 27.6. The van der Waals surface area contributed by atoms with E-state index in [-0.39, 0.29) is 36.3 Å². The Morgan fingerprint density at radius 3 is 2.28 bits per heavy atom. The van der Waals surface area contributed by atoms with Crippen molar-refractivity contribution in [1.82, 2.24) is 10.6 Å². The zero-order valence-electron chi connectivity index (χ0n) is 26.8. The summed E-state index contributed by atoms with van der Waals surface area (Å²) in [5, 5.41) is 7.39. The lowest BCUT2D eigenvalue weighted by Crippen LogP contribution is -2.23. The first-order chi connectivity index (χ1) is 21.9. The summed E-state index contributed by atoms with van der Waals surface area (Å²) in [5.74, 6) is 2.85. The molecular weight excluding hydrogens is 609 g/mol. The predicted octanol–water partition coefficient (Wildman–Crippen LogP) is 8.95. The lowest BCUT2D eigenvalue weighted by molar-refractivity contribution is -0.138. The van der Waals surface area contributed by atoms with Crippen LogP contribution < -0.4 is 10.6 Å². The maximum Gasteiger partial charge on any atom is 0.416 e. The molecule has 3 rings (SSSR count). The van der Waals surface area contributed by atoms with Gasteiger partial charge < -0.3 is 15.4 Å². The van der Waals surface area contributed by atoms with Gasteiger partial charge >= 0.3 is 6.18 Å². The molecule has 0 fully saturated rings. The predicted molar refractivity (Wildman–Crippen MR) is 182 cm³/mol. The fourth-order valence-corrected chi connectivity index (χ4v) is 4.39. The molecule has 1 aromatic heterocycles. The van der Waals surface area contributed by atoms with Crippen LogP contribution in [0.15, 0.2) is 103 Å². The molecular formula is C37H43F3N2O3S. The van der Waals surface area contributed by atoms with Crippen molar-refractivity contribution in [3.63, 3.8) is 0 Å². The Morgan fingerprint density at radius 1 is 1.04 bits per heavy atom. The molecule has 1 atom stereocenters. The molecule has 0 spiro atoms. The smallest absolute Gasteiger partial charge is 0.416 e. The van der Waals surface area contributed by atoms with Crippen LogP contribution >= 0.6 is 11.3 Å². The van der Waals surface area contributed by atoms with Crippen LogP contribution in [0, 0.1) is 18.3 Å². The summed E-state index contributed by atoms with van der Waals surface area (Å²) in [4.78, 5) is 24.2. The van der Waals surface area contributed by atoms with Crippen LogP contribution in [0.2, 0.25) is 0 Å². The number of carbonyl (C=O) groups is 2. The number of terminal acetylenes is 1. The number of alkyl halides is 3. The number of benzene rings is 2. The second-order valence-electron chi connectivity index (χ2n) is 9.88. The Balaban J connectivity index is 0.000000472. The van der Waals surface area contributed by atoms with E-state index in [1.807, 2.05) is 66.1 Å². The summed E-state index contributed by atoms with van der Waals surface area (Å²) >= 11 is 1.59. The third-order valence-corrected chi connectivity index (χ3v) is 6.84. The normalized spacial score (nSPS) is 11.6. The van der Waals surface area contributed by atoms with Gasteiger partial charge in [0, 0.05) is 35.0 Å². The van der Waals surface area contributed by atoms with Crippen LogP contribution in [0.5, 0.6) is 0 Å². The monoisotopic (exact) mass is 652 g/mol. The van der Waals surface area contributed by atoms with Gasteiger partial charge in [0.25, 0.3) is 0 Å². The largest absolute Gasteiger partial charge is 0.493 e. The maximum atomic E-state index is 12.5. The van der Waals surface area contributed by atoms with Crippen molar-refractivity contribution in [2.75, 3.05) is 6.61 Å². The number of amides is 2. The molecule has 0 aliphatic carbocycles. The second kappa shape index (κ2) is 22.0. The van der Waals surface area contributed by atoms with Crippen molar-refractivity contribution in [3.05, 3.63) is 124 Å². The number of halogens is 3. The van der Waals surface area contributed by atoms with E-state index in [0.717, 1.165) is 28.6 Å². The van der Waals surface area contributed by atoms with Gasteiger partial charge in [-0.05, 0) is 42.5 Å². The second-order valence-corrected chi connectivity index (χ2v) is 10.9. The Hall–Kier alpha value is -4.55. The van der Waals surface area contributed by atoms with Crippen LogP contribution in [0.1, 0.15) is 62.1 Å². The van der Waals surface area contributed by atoms with Crippen LogP contribution in [-0.2, 0) is 33.5 Å². The third kappa shape index (κ3) is 16.5. The Bertz CT molecular complexity index is 1440. The highest BCUT2D eigenvalue weighted by molar-refractivity contribution is 7.10. The van der Waals surface area contributed by atoms with Gasteiger partial charge in [-0.3, -0.25) is 9.59 Å². The molecule has 0 aliphatic heterocycles. The van der Waals surface area contributed by atoms with E-state index in [9.17, 15) is 22.8 Å². The lowest BCUT2D eigenvalue weighted by Gasteiger charge is -2.12. The number of carbonyl (C=O) groups excluding carboxylic acids is 2. The van der Waals surface area contributed by atoms with Gasteiger partial charge in [0.1, 0.15) is 5.76 Å². The Morgan fingerprint density at radius 2 is 1.70 bits per heavy atom. The Kier molecular flexibility index (Phi) is 18.9. The summed E-state index contributed by atoms with van der Waals surface area (Å²) in [7, 11) is 0. The molecule has 5 nitrogen and oxygen atoms in total. The molecule has 2 aromatic carbocycles. The van der Waals surface area contributed by atoms with E-state index >= 15 is 0 Å². The summed E-state index contributed by atoms with van der Waals surface area (Å²) in [5.41, 5.74) is 1.19. The van der Waals surface area contributed by atoms with Crippen LogP contribution in [-0.4, -0.2) is 18.4 Å². The van der Waals surface area contributed by atoms with Gasteiger partial charge in [0.15, 0.2) is 0 Å². The highest BCUT2D eigenvalue weighted by Gasteiger charge is 2.32. The molecule has 2 N–H and O–H groups in total. The SMILES string of the molecule is C#CC.C=C(OCC(C)/C=C\C(=C/CC)NC(=O)Cc1cccs1)c1ccccc1.CCC(=O)NCc1ccccc1C(F)(F)F. The maximum absolute atomic E-state index is 12.5. The highest BCUT2D eigenvalue weighted by Crippen LogP contribution is 2.31. The first kappa shape index (κ1) is 39.5. The first-order valence-electron chi connectivity index (χ1n) is 14.8. The number of rotatable bonds is 13. The van der Waals surface area contributed by atoms with Crippen molar-refractivity contribution >= 4 is 28.9 Å². The van der Waals surface area contributed by atoms with Gasteiger partial charge in [-0.1, -0.05) is 94.1 Å². The number of allylic oxidation sites excluding steroid dienone is 2. The molecule has 1 unspecified atom stereocenters. The molecule has 46 heavy (non-hydrogen) atoms. The first-order valence-corrected chi connectivity index (χ1v) is 15.7. The summed E-state index contributed by atoms with van der Waals surface area (Å²) in [6.45, 7) is 11.8. The van der Waals surface area contributed by atoms with Crippen molar-refractivity contribution in [3.8, 4) is 12.3 Å². The van der Waals surface area contributed by atoms with Crippen LogP contribution in [0.25, 0.3) is 5.76 Å². The molecule has 0 radical (unpaired) electrons. The number of hydrogen-bond donors (Lipinski definition) is 2. The average molecular weight is 653 g/mol. The molecule has 0 bridgehead atoms. The third-order valence-electron chi connectivity index (χ3n) is 5.96. The topological polar surface area (TPSA) is 67.4 Å².